The van der Waals surface area contributed by atoms with Crippen LogP contribution in [-0.4, -0.2) is 32.5 Å². The number of Topliss-reactive ketones (excluding diaryl/α,β-unsaturated/α-hetero) is 1. The Hall–Kier alpha value is -3.81. The van der Waals surface area contributed by atoms with Gasteiger partial charge in [0.1, 0.15) is 11.5 Å². The van der Waals surface area contributed by atoms with Crippen molar-refractivity contribution in [2.45, 2.75) is 50.6 Å². The molecule has 0 radical (unpaired) electrons. The fourth-order valence-electron chi connectivity index (χ4n) is 4.97. The highest BCUT2D eigenvalue weighted by molar-refractivity contribution is 6.05. The van der Waals surface area contributed by atoms with Gasteiger partial charge in [-0.15, -0.1) is 0 Å². The molecule has 3 aromatic rings. The Balaban J connectivity index is 1.52. The first kappa shape index (κ1) is 21.1. The molecule has 2 heterocycles. The molecule has 1 fully saturated rings. The number of anilines is 1. The molecule has 0 unspecified atom stereocenters. The number of fused-ring (bicyclic) bond motifs is 2. The third-order valence-corrected chi connectivity index (χ3v) is 6.94. The van der Waals surface area contributed by atoms with Crippen molar-refractivity contribution < 1.29 is 14.4 Å². The normalized spacial score (nSPS) is 16.3. The molecular weight excluding hydrogens is 418 g/mol. The van der Waals surface area contributed by atoms with Crippen LogP contribution in [-0.2, 0) is 28.1 Å². The van der Waals surface area contributed by atoms with Crippen molar-refractivity contribution in [1.82, 2.24) is 14.9 Å². The number of benzene rings is 2. The Kier molecular flexibility index (Phi) is 5.08. The zero-order valence-corrected chi connectivity index (χ0v) is 18.2. The van der Waals surface area contributed by atoms with Crippen LogP contribution in [0.25, 0.3) is 10.9 Å². The number of rotatable bonds is 6. The van der Waals surface area contributed by atoms with Gasteiger partial charge in [0.2, 0.25) is 11.9 Å². The van der Waals surface area contributed by atoms with E-state index in [1.807, 2.05) is 36.4 Å². The van der Waals surface area contributed by atoms with Gasteiger partial charge in [-0.1, -0.05) is 36.8 Å². The second kappa shape index (κ2) is 7.95. The van der Waals surface area contributed by atoms with Crippen molar-refractivity contribution >= 4 is 34.4 Å². The monoisotopic (exact) mass is 443 g/mol. The van der Waals surface area contributed by atoms with E-state index in [2.05, 4.69) is 9.97 Å². The average Bonchev–Trinajstić information content (AvgIpc) is 3.20. The third kappa shape index (κ3) is 3.61. The molecule has 2 aliphatic rings. The van der Waals surface area contributed by atoms with Gasteiger partial charge in [0.05, 0.1) is 10.9 Å². The van der Waals surface area contributed by atoms with Crippen molar-refractivity contribution in [3.05, 3.63) is 64.8 Å². The molecule has 0 bridgehead atoms. The summed E-state index contributed by atoms with van der Waals surface area (Å²) in [5, 5.41) is 0.580. The smallest absolute Gasteiger partial charge is 0.273 e. The van der Waals surface area contributed by atoms with Crippen LogP contribution in [0.1, 0.15) is 59.3 Å². The van der Waals surface area contributed by atoms with E-state index in [-0.39, 0.29) is 36.2 Å². The quantitative estimate of drug-likeness (QED) is 0.602. The van der Waals surface area contributed by atoms with Crippen molar-refractivity contribution in [2.75, 3.05) is 5.73 Å². The molecule has 2 aromatic carbocycles. The number of nitrogens with zero attached hydrogens (tertiary/aromatic N) is 3. The summed E-state index contributed by atoms with van der Waals surface area (Å²) in [5.74, 6) is -0.665. The van der Waals surface area contributed by atoms with Crippen molar-refractivity contribution in [3.63, 3.8) is 0 Å². The zero-order valence-electron chi connectivity index (χ0n) is 18.2. The van der Waals surface area contributed by atoms with E-state index in [0.717, 1.165) is 23.1 Å². The fraction of sp³-hybridized carbons (Fsp3) is 0.320. The van der Waals surface area contributed by atoms with E-state index in [1.165, 1.54) is 0 Å². The number of carbonyl (C=O) groups excluding carboxylic acids is 3. The highest BCUT2D eigenvalue weighted by Gasteiger charge is 2.45. The second-order valence-corrected chi connectivity index (χ2v) is 8.92. The lowest BCUT2D eigenvalue weighted by molar-refractivity contribution is -0.130. The van der Waals surface area contributed by atoms with Gasteiger partial charge in [0.25, 0.3) is 5.91 Å². The molecule has 0 atom stereocenters. The highest BCUT2D eigenvalue weighted by Crippen LogP contribution is 2.46. The Labute approximate surface area is 191 Å². The summed E-state index contributed by atoms with van der Waals surface area (Å²) < 4.78 is 0. The molecule has 4 N–H and O–H groups in total. The van der Waals surface area contributed by atoms with E-state index in [0.29, 0.717) is 36.8 Å². The fourth-order valence-corrected chi connectivity index (χ4v) is 4.97. The summed E-state index contributed by atoms with van der Waals surface area (Å²) in [6, 6.07) is 13.5. The Bertz CT molecular complexity index is 1270. The number of aromatic nitrogens is 2. The predicted molar refractivity (Wildman–Crippen MR) is 123 cm³/mol. The van der Waals surface area contributed by atoms with E-state index in [9.17, 15) is 14.4 Å². The first-order valence-electron chi connectivity index (χ1n) is 11.1. The molecule has 168 valence electrons. The van der Waals surface area contributed by atoms with Crippen molar-refractivity contribution in [3.8, 4) is 0 Å². The maximum Gasteiger partial charge on any atom is 0.273 e. The molecule has 33 heavy (non-hydrogen) atoms. The first-order valence-corrected chi connectivity index (χ1v) is 11.1. The molecule has 2 amide bonds. The summed E-state index contributed by atoms with van der Waals surface area (Å²) in [4.78, 5) is 48.1. The van der Waals surface area contributed by atoms with Crippen LogP contribution >= 0.6 is 0 Å². The minimum absolute atomic E-state index is 0.00568. The number of nitrogen functional groups attached to an aromatic ring is 1. The van der Waals surface area contributed by atoms with Crippen LogP contribution in [0, 0.1) is 0 Å². The number of amides is 2. The summed E-state index contributed by atoms with van der Waals surface area (Å²) in [5.41, 5.74) is 14.4. The Morgan fingerprint density at radius 1 is 0.970 bits per heavy atom. The number of hydrogen-bond donors (Lipinski definition) is 2. The van der Waals surface area contributed by atoms with Gasteiger partial charge in [-0.2, -0.15) is 0 Å². The summed E-state index contributed by atoms with van der Waals surface area (Å²) in [6.07, 6.45) is 2.49. The lowest BCUT2D eigenvalue weighted by atomic mass is 9.61. The average molecular weight is 444 g/mol. The van der Waals surface area contributed by atoms with Gasteiger partial charge >= 0.3 is 0 Å². The molecule has 0 spiro atoms. The lowest BCUT2D eigenvalue weighted by Gasteiger charge is -2.41. The number of hydrogen-bond acceptors (Lipinski definition) is 6. The molecule has 1 aliphatic heterocycles. The highest BCUT2D eigenvalue weighted by atomic mass is 16.2. The molecular formula is C25H25N5O3. The second-order valence-electron chi connectivity index (χ2n) is 8.92. The topological polar surface area (TPSA) is 132 Å². The van der Waals surface area contributed by atoms with Crippen LogP contribution in [0.4, 0.5) is 5.95 Å². The van der Waals surface area contributed by atoms with Crippen LogP contribution in [0.5, 0.6) is 0 Å². The molecule has 8 nitrogen and oxygen atoms in total. The minimum atomic E-state index is -0.658. The lowest BCUT2D eigenvalue weighted by Crippen LogP contribution is -2.42. The van der Waals surface area contributed by atoms with Crippen molar-refractivity contribution in [2.24, 2.45) is 5.73 Å². The molecule has 1 saturated carbocycles. The van der Waals surface area contributed by atoms with E-state index < -0.39 is 11.3 Å². The Morgan fingerprint density at radius 2 is 1.67 bits per heavy atom. The first-order chi connectivity index (χ1) is 15.9. The van der Waals surface area contributed by atoms with Crippen LogP contribution in [0.3, 0.4) is 0 Å². The predicted octanol–water partition coefficient (Wildman–Crippen LogP) is 2.62. The van der Waals surface area contributed by atoms with Gasteiger partial charge in [-0.05, 0) is 41.7 Å². The third-order valence-electron chi connectivity index (χ3n) is 6.94. The molecule has 1 aromatic heterocycles. The van der Waals surface area contributed by atoms with E-state index in [4.69, 9.17) is 11.5 Å². The maximum atomic E-state index is 13.5. The van der Waals surface area contributed by atoms with Crippen molar-refractivity contribution in [1.29, 1.82) is 0 Å². The largest absolute Gasteiger partial charge is 0.370 e. The minimum Gasteiger partial charge on any atom is -0.370 e. The van der Waals surface area contributed by atoms with Gasteiger partial charge in [-0.25, -0.2) is 9.97 Å². The summed E-state index contributed by atoms with van der Waals surface area (Å²) >= 11 is 0. The molecule has 1 aliphatic carbocycles. The molecule has 0 saturated heterocycles. The summed E-state index contributed by atoms with van der Waals surface area (Å²) in [6.45, 7) is 1.02. The molecule has 8 heteroatoms. The molecule has 5 rings (SSSR count). The van der Waals surface area contributed by atoms with Crippen LogP contribution in [0.15, 0.2) is 42.5 Å². The van der Waals surface area contributed by atoms with E-state index in [1.54, 1.807) is 11.0 Å². The van der Waals surface area contributed by atoms with Gasteiger partial charge in [-0.3, -0.25) is 14.4 Å². The van der Waals surface area contributed by atoms with E-state index >= 15 is 0 Å². The standard InChI is InChI=1S/C25H25N5O3/c26-21(32)9-8-20(31)25(10-3-11-25)17-6-7-19-18(12-17)22(29-24(27)28-19)23(33)30-13-15-4-1-2-5-16(15)14-30/h1-2,4-7,12H,3,8-11,13-14H2,(H2,26,32)(H2,27,28,29). The van der Waals surface area contributed by atoms with Gasteiger partial charge in [0.15, 0.2) is 0 Å². The SMILES string of the molecule is NC(=O)CCC(=O)C1(c2ccc3nc(N)nc(C(=O)N4Cc5ccccc5C4)c3c2)CCC1. The van der Waals surface area contributed by atoms with Gasteiger partial charge in [0, 0.05) is 31.3 Å². The maximum absolute atomic E-state index is 13.5. The zero-order chi connectivity index (χ0) is 23.2. The number of ketones is 1. The number of nitrogens with two attached hydrogens (primary N) is 2. The van der Waals surface area contributed by atoms with Crippen LogP contribution in [0.2, 0.25) is 0 Å². The van der Waals surface area contributed by atoms with Gasteiger partial charge < -0.3 is 16.4 Å². The summed E-state index contributed by atoms with van der Waals surface area (Å²) in [7, 11) is 0. The van der Waals surface area contributed by atoms with Crippen LogP contribution < -0.4 is 11.5 Å². The number of primary amides is 1. The number of carbonyl (C=O) groups is 3. The Morgan fingerprint density at radius 3 is 2.27 bits per heavy atom.